The molecular weight excluding hydrogens is 304 g/mol. The summed E-state index contributed by atoms with van der Waals surface area (Å²) in [4.78, 5) is 4.01. The van der Waals surface area contributed by atoms with Crippen molar-refractivity contribution in [1.82, 2.24) is 10.3 Å². The highest BCUT2D eigenvalue weighted by atomic mass is 16.5. The second kappa shape index (κ2) is 8.66. The lowest BCUT2D eigenvalue weighted by Gasteiger charge is -2.14. The first-order valence-electron chi connectivity index (χ1n) is 8.36. The minimum atomic E-state index is 0.356. The van der Waals surface area contributed by atoms with Gasteiger partial charge in [-0.3, -0.25) is 4.98 Å². The van der Waals surface area contributed by atoms with Crippen LogP contribution in [0.4, 0.5) is 0 Å². The summed E-state index contributed by atoms with van der Waals surface area (Å²) in [5, 5.41) is 3.44. The topological polar surface area (TPSA) is 52.6 Å². The van der Waals surface area contributed by atoms with Crippen molar-refractivity contribution < 1.29 is 14.2 Å². The summed E-state index contributed by atoms with van der Waals surface area (Å²) in [6, 6.07) is 9.92. The Morgan fingerprint density at radius 3 is 2.79 bits per heavy atom. The number of nitrogens with one attached hydrogen (secondary N) is 1. The second-order valence-corrected chi connectivity index (χ2v) is 5.90. The number of methoxy groups -OCH3 is 1. The van der Waals surface area contributed by atoms with Gasteiger partial charge in [0.2, 0.25) is 0 Å². The van der Waals surface area contributed by atoms with Gasteiger partial charge in [-0.2, -0.15) is 0 Å². The molecule has 1 saturated heterocycles. The molecule has 24 heavy (non-hydrogen) atoms. The van der Waals surface area contributed by atoms with Crippen molar-refractivity contribution in [2.45, 2.75) is 32.1 Å². The molecule has 0 unspecified atom stereocenters. The molecule has 0 spiro atoms. The van der Waals surface area contributed by atoms with Gasteiger partial charge in [0.1, 0.15) is 6.61 Å². The normalized spacial score (nSPS) is 17.0. The molecule has 1 aliphatic rings. The molecule has 2 heterocycles. The number of nitrogens with zero attached hydrogens (tertiary/aromatic N) is 1. The Bertz CT molecular complexity index is 628. The van der Waals surface area contributed by atoms with Gasteiger partial charge in [0, 0.05) is 32.1 Å². The van der Waals surface area contributed by atoms with E-state index in [1.807, 2.05) is 24.3 Å². The average Bonchev–Trinajstić information content (AvgIpc) is 3.15. The minimum absolute atomic E-state index is 0.356. The van der Waals surface area contributed by atoms with Crippen LogP contribution in [0.3, 0.4) is 0 Å². The average molecular weight is 328 g/mol. The van der Waals surface area contributed by atoms with Crippen LogP contribution < -0.4 is 14.8 Å². The fraction of sp³-hybridized carbons (Fsp3) is 0.421. The van der Waals surface area contributed by atoms with Gasteiger partial charge in [0.25, 0.3) is 0 Å². The van der Waals surface area contributed by atoms with E-state index in [4.69, 9.17) is 14.2 Å². The van der Waals surface area contributed by atoms with Gasteiger partial charge in [0.05, 0.1) is 13.2 Å². The summed E-state index contributed by atoms with van der Waals surface area (Å²) >= 11 is 0. The lowest BCUT2D eigenvalue weighted by Crippen LogP contribution is -2.25. The Kier molecular flexibility index (Phi) is 6.04. The Hall–Kier alpha value is -2.11. The lowest BCUT2D eigenvalue weighted by molar-refractivity contribution is 0.110. The van der Waals surface area contributed by atoms with Gasteiger partial charge < -0.3 is 19.5 Å². The summed E-state index contributed by atoms with van der Waals surface area (Å²) in [7, 11) is 1.66. The van der Waals surface area contributed by atoms with Crippen LogP contribution in [0.25, 0.3) is 0 Å². The Balaban J connectivity index is 1.53. The number of pyridine rings is 1. The van der Waals surface area contributed by atoms with Crippen molar-refractivity contribution in [3.05, 3.63) is 53.9 Å². The van der Waals surface area contributed by atoms with E-state index in [2.05, 4.69) is 16.4 Å². The van der Waals surface area contributed by atoms with Crippen molar-refractivity contribution in [3.8, 4) is 11.5 Å². The van der Waals surface area contributed by atoms with E-state index in [9.17, 15) is 0 Å². The van der Waals surface area contributed by atoms with Gasteiger partial charge in [-0.1, -0.05) is 6.07 Å². The quantitative estimate of drug-likeness (QED) is 0.807. The van der Waals surface area contributed by atoms with E-state index in [1.165, 1.54) is 12.0 Å². The molecule has 0 amide bonds. The minimum Gasteiger partial charge on any atom is -0.493 e. The van der Waals surface area contributed by atoms with Crippen molar-refractivity contribution in [2.75, 3.05) is 20.3 Å². The molecule has 2 aromatic rings. The largest absolute Gasteiger partial charge is 0.493 e. The third-order valence-electron chi connectivity index (χ3n) is 4.10. The number of hydrogen-bond donors (Lipinski definition) is 1. The molecule has 0 radical (unpaired) electrons. The Morgan fingerprint density at radius 1 is 1.17 bits per heavy atom. The molecule has 5 nitrogen and oxygen atoms in total. The van der Waals surface area contributed by atoms with Gasteiger partial charge in [0.15, 0.2) is 11.5 Å². The molecule has 1 aliphatic heterocycles. The van der Waals surface area contributed by atoms with Crippen LogP contribution >= 0.6 is 0 Å². The number of rotatable bonds is 8. The van der Waals surface area contributed by atoms with Crippen LogP contribution in [-0.4, -0.2) is 31.3 Å². The van der Waals surface area contributed by atoms with E-state index in [0.717, 1.165) is 43.2 Å². The number of hydrogen-bond acceptors (Lipinski definition) is 5. The molecule has 0 saturated carbocycles. The number of benzene rings is 1. The van der Waals surface area contributed by atoms with Crippen molar-refractivity contribution in [3.63, 3.8) is 0 Å². The first-order chi connectivity index (χ1) is 11.8. The number of aromatic nitrogens is 1. The summed E-state index contributed by atoms with van der Waals surface area (Å²) in [6.07, 6.45) is 6.20. The van der Waals surface area contributed by atoms with Crippen LogP contribution in [0.5, 0.6) is 11.5 Å². The van der Waals surface area contributed by atoms with E-state index >= 15 is 0 Å². The Labute approximate surface area is 143 Å². The van der Waals surface area contributed by atoms with E-state index in [0.29, 0.717) is 12.7 Å². The molecule has 1 N–H and O–H groups in total. The second-order valence-electron chi connectivity index (χ2n) is 5.90. The standard InChI is InChI=1S/C19H24N2O3/c1-22-19-11-16(12-21-13-17-3-2-10-23-17)4-5-18(19)24-14-15-6-8-20-9-7-15/h4-9,11,17,21H,2-3,10,12-14H2,1H3/t17-/m1/s1. The summed E-state index contributed by atoms with van der Waals surface area (Å²) in [6.45, 7) is 3.07. The van der Waals surface area contributed by atoms with Gasteiger partial charge >= 0.3 is 0 Å². The highest BCUT2D eigenvalue weighted by Crippen LogP contribution is 2.28. The maximum Gasteiger partial charge on any atom is 0.161 e. The lowest BCUT2D eigenvalue weighted by atomic mass is 10.2. The van der Waals surface area contributed by atoms with Crippen LogP contribution in [0.15, 0.2) is 42.7 Å². The molecule has 0 aliphatic carbocycles. The third kappa shape index (κ3) is 4.69. The maximum atomic E-state index is 5.86. The predicted molar refractivity (Wildman–Crippen MR) is 92.2 cm³/mol. The highest BCUT2D eigenvalue weighted by Gasteiger charge is 2.14. The maximum absolute atomic E-state index is 5.86. The fourth-order valence-electron chi connectivity index (χ4n) is 2.76. The third-order valence-corrected chi connectivity index (χ3v) is 4.10. The predicted octanol–water partition coefficient (Wildman–Crippen LogP) is 2.94. The van der Waals surface area contributed by atoms with Crippen molar-refractivity contribution >= 4 is 0 Å². The summed E-state index contributed by atoms with van der Waals surface area (Å²) in [5.74, 6) is 1.50. The van der Waals surface area contributed by atoms with Crippen molar-refractivity contribution in [1.29, 1.82) is 0 Å². The molecule has 0 bridgehead atoms. The molecule has 1 atom stereocenters. The summed E-state index contributed by atoms with van der Waals surface area (Å²) in [5.41, 5.74) is 2.25. The monoisotopic (exact) mass is 328 g/mol. The van der Waals surface area contributed by atoms with Gasteiger partial charge in [-0.15, -0.1) is 0 Å². The van der Waals surface area contributed by atoms with Crippen molar-refractivity contribution in [2.24, 2.45) is 0 Å². The zero-order valence-corrected chi connectivity index (χ0v) is 14.0. The van der Waals surface area contributed by atoms with E-state index < -0.39 is 0 Å². The zero-order chi connectivity index (χ0) is 16.6. The van der Waals surface area contributed by atoms with Crippen LogP contribution in [0.2, 0.25) is 0 Å². The fourth-order valence-corrected chi connectivity index (χ4v) is 2.76. The van der Waals surface area contributed by atoms with Crippen LogP contribution in [0.1, 0.15) is 24.0 Å². The molecule has 128 valence electrons. The molecule has 1 fully saturated rings. The smallest absolute Gasteiger partial charge is 0.161 e. The van der Waals surface area contributed by atoms with Crippen LogP contribution in [0, 0.1) is 0 Å². The van der Waals surface area contributed by atoms with Crippen LogP contribution in [-0.2, 0) is 17.9 Å². The highest BCUT2D eigenvalue weighted by molar-refractivity contribution is 5.43. The first kappa shape index (κ1) is 16.7. The van der Waals surface area contributed by atoms with E-state index in [-0.39, 0.29) is 0 Å². The molecule has 1 aromatic carbocycles. The van der Waals surface area contributed by atoms with Gasteiger partial charge in [-0.25, -0.2) is 0 Å². The van der Waals surface area contributed by atoms with Gasteiger partial charge in [-0.05, 0) is 48.2 Å². The molecular formula is C19H24N2O3. The Morgan fingerprint density at radius 2 is 2.04 bits per heavy atom. The first-order valence-corrected chi connectivity index (χ1v) is 8.36. The molecule has 3 rings (SSSR count). The molecule has 5 heteroatoms. The zero-order valence-electron chi connectivity index (χ0n) is 14.0. The van der Waals surface area contributed by atoms with E-state index in [1.54, 1.807) is 19.5 Å². The number of ether oxygens (including phenoxy) is 3. The summed E-state index contributed by atoms with van der Waals surface area (Å²) < 4.78 is 16.9. The molecule has 1 aromatic heterocycles. The SMILES string of the molecule is COc1cc(CNC[C@H]2CCCO2)ccc1OCc1ccncc1.